The van der Waals surface area contributed by atoms with E-state index in [1.54, 1.807) is 0 Å². The van der Waals surface area contributed by atoms with Crippen molar-refractivity contribution in [3.63, 3.8) is 0 Å². The summed E-state index contributed by atoms with van der Waals surface area (Å²) in [6.45, 7) is 3.75. The van der Waals surface area contributed by atoms with Gasteiger partial charge >= 0.3 is 19.8 Å². The zero-order valence-corrected chi connectivity index (χ0v) is 37.1. The van der Waals surface area contributed by atoms with Crippen molar-refractivity contribution < 1.29 is 42.7 Å². The number of phosphoric ester groups is 1. The van der Waals surface area contributed by atoms with Gasteiger partial charge in [-0.25, -0.2) is 4.57 Å². The number of esters is 1. The van der Waals surface area contributed by atoms with Crippen molar-refractivity contribution in [1.82, 2.24) is 0 Å². The molecule has 0 heterocycles. The van der Waals surface area contributed by atoms with Gasteiger partial charge in [-0.3, -0.25) is 18.6 Å². The lowest BCUT2D eigenvalue weighted by Crippen LogP contribution is -2.34. The predicted octanol–water partition coefficient (Wildman–Crippen LogP) is 12.6. The van der Waals surface area contributed by atoms with Crippen LogP contribution >= 0.6 is 7.82 Å². The molecule has 0 aliphatic carbocycles. The van der Waals surface area contributed by atoms with Crippen LogP contribution in [0.5, 0.6) is 0 Å². The summed E-state index contributed by atoms with van der Waals surface area (Å²) < 4.78 is 33.4. The van der Waals surface area contributed by atoms with Crippen molar-refractivity contribution >= 4 is 19.8 Å². The van der Waals surface area contributed by atoms with E-state index < -0.39 is 45.1 Å². The lowest BCUT2D eigenvalue weighted by atomic mass is 10.1. The van der Waals surface area contributed by atoms with Gasteiger partial charge in [-0.2, -0.15) is 0 Å². The fraction of sp³-hybridized carbons (Fsp3) is 0.783. The molecule has 0 aromatic carbocycles. The number of nitrogens with two attached hydrogens (primary N) is 1. The van der Waals surface area contributed by atoms with Crippen LogP contribution in [0.2, 0.25) is 0 Å². The number of carbonyl (C=O) groups excluding carboxylic acids is 1. The minimum Gasteiger partial charge on any atom is -0.480 e. The first-order valence-electron chi connectivity index (χ1n) is 22.7. The van der Waals surface area contributed by atoms with Crippen LogP contribution in [0.15, 0.2) is 48.6 Å². The summed E-state index contributed by atoms with van der Waals surface area (Å²) in [6.07, 6.45) is 48.8. The van der Waals surface area contributed by atoms with Gasteiger partial charge in [0.1, 0.15) is 12.1 Å². The number of carbonyl (C=O) groups is 2. The first-order chi connectivity index (χ1) is 27.7. The Hall–Kier alpha value is -2.07. The average Bonchev–Trinajstić information content (AvgIpc) is 3.19. The van der Waals surface area contributed by atoms with E-state index in [0.717, 1.165) is 70.6 Å². The smallest absolute Gasteiger partial charge is 0.472 e. The highest BCUT2D eigenvalue weighted by molar-refractivity contribution is 7.47. The summed E-state index contributed by atoms with van der Waals surface area (Å²) in [4.78, 5) is 33.5. The molecule has 0 bridgehead atoms. The van der Waals surface area contributed by atoms with Crippen LogP contribution < -0.4 is 5.73 Å². The molecule has 3 atom stereocenters. The summed E-state index contributed by atoms with van der Waals surface area (Å²) in [5.74, 6) is -1.80. The zero-order chi connectivity index (χ0) is 41.9. The second-order valence-corrected chi connectivity index (χ2v) is 16.6. The number of carboxylic acids is 1. The summed E-state index contributed by atoms with van der Waals surface area (Å²) in [7, 11) is -4.62. The van der Waals surface area contributed by atoms with Crippen molar-refractivity contribution in [2.24, 2.45) is 5.73 Å². The maximum absolute atomic E-state index is 12.6. The Balaban J connectivity index is 4.21. The maximum atomic E-state index is 12.6. The topological polar surface area (TPSA) is 155 Å². The Morgan fingerprint density at radius 2 is 1.02 bits per heavy atom. The monoisotopic (exact) mass is 826 g/mol. The maximum Gasteiger partial charge on any atom is 0.472 e. The molecule has 10 nitrogen and oxygen atoms in total. The molecule has 0 rings (SSSR count). The molecule has 0 saturated carbocycles. The number of phosphoric acid groups is 1. The van der Waals surface area contributed by atoms with Crippen LogP contribution in [0.3, 0.4) is 0 Å². The first kappa shape index (κ1) is 54.9. The Labute approximate surface area is 348 Å². The molecule has 0 aromatic rings. The third-order valence-electron chi connectivity index (χ3n) is 9.59. The van der Waals surface area contributed by atoms with Gasteiger partial charge in [0.15, 0.2) is 0 Å². The highest BCUT2D eigenvalue weighted by Gasteiger charge is 2.27. The number of hydrogen-bond donors (Lipinski definition) is 3. The molecule has 0 aromatic heterocycles. The van der Waals surface area contributed by atoms with Gasteiger partial charge < -0.3 is 25.2 Å². The van der Waals surface area contributed by atoms with Gasteiger partial charge in [-0.15, -0.1) is 0 Å². The molecule has 57 heavy (non-hydrogen) atoms. The number of ether oxygens (including phenoxy) is 2. The van der Waals surface area contributed by atoms with Gasteiger partial charge in [-0.05, 0) is 70.6 Å². The van der Waals surface area contributed by atoms with E-state index in [1.807, 2.05) is 0 Å². The van der Waals surface area contributed by atoms with Crippen molar-refractivity contribution in [3.8, 4) is 0 Å². The van der Waals surface area contributed by atoms with E-state index in [2.05, 4.69) is 62.5 Å². The summed E-state index contributed by atoms with van der Waals surface area (Å²) in [5.41, 5.74) is 5.36. The van der Waals surface area contributed by atoms with E-state index in [1.165, 1.54) is 96.3 Å². The minimum absolute atomic E-state index is 0.00844. The van der Waals surface area contributed by atoms with Crippen molar-refractivity contribution in [2.75, 3.05) is 26.4 Å². The van der Waals surface area contributed by atoms with Gasteiger partial charge in [0, 0.05) is 13.0 Å². The zero-order valence-electron chi connectivity index (χ0n) is 36.2. The molecule has 0 saturated heterocycles. The largest absolute Gasteiger partial charge is 0.480 e. The van der Waals surface area contributed by atoms with E-state index in [9.17, 15) is 19.0 Å². The number of allylic oxidation sites excluding steroid dienone is 8. The van der Waals surface area contributed by atoms with Crippen LogP contribution in [0.1, 0.15) is 194 Å². The normalized spacial score (nSPS) is 14.3. The molecule has 0 radical (unpaired) electrons. The summed E-state index contributed by atoms with van der Waals surface area (Å²) in [6, 6.07) is -1.48. The van der Waals surface area contributed by atoms with E-state index in [4.69, 9.17) is 29.4 Å². The van der Waals surface area contributed by atoms with Crippen molar-refractivity contribution in [1.29, 1.82) is 0 Å². The van der Waals surface area contributed by atoms with E-state index >= 15 is 0 Å². The molecular weight excluding hydrogens is 741 g/mol. The molecule has 3 unspecified atom stereocenters. The van der Waals surface area contributed by atoms with Gasteiger partial charge in [0.2, 0.25) is 0 Å². The quantitative estimate of drug-likeness (QED) is 0.0234. The lowest BCUT2D eigenvalue weighted by Gasteiger charge is -2.20. The Kier molecular flexibility index (Phi) is 40.5. The predicted molar refractivity (Wildman–Crippen MR) is 235 cm³/mol. The highest BCUT2D eigenvalue weighted by Crippen LogP contribution is 2.43. The van der Waals surface area contributed by atoms with Crippen molar-refractivity contribution in [3.05, 3.63) is 48.6 Å². The third kappa shape index (κ3) is 41.9. The molecule has 0 aliphatic heterocycles. The third-order valence-corrected chi connectivity index (χ3v) is 10.5. The van der Waals surface area contributed by atoms with Crippen LogP contribution in [0.4, 0.5) is 0 Å². The van der Waals surface area contributed by atoms with Crippen LogP contribution in [0, 0.1) is 0 Å². The molecule has 0 aliphatic rings. The number of rotatable bonds is 43. The summed E-state index contributed by atoms with van der Waals surface area (Å²) in [5, 5.41) is 8.90. The van der Waals surface area contributed by atoms with Gasteiger partial charge in [-0.1, -0.05) is 165 Å². The van der Waals surface area contributed by atoms with E-state index in [0.29, 0.717) is 13.0 Å². The number of hydrogen-bond acceptors (Lipinski definition) is 8. The summed E-state index contributed by atoms with van der Waals surface area (Å²) >= 11 is 0. The Bertz CT molecular complexity index is 1090. The molecule has 4 N–H and O–H groups in total. The Morgan fingerprint density at radius 3 is 1.54 bits per heavy atom. The first-order valence-corrected chi connectivity index (χ1v) is 24.2. The van der Waals surface area contributed by atoms with Crippen molar-refractivity contribution in [2.45, 2.75) is 206 Å². The van der Waals surface area contributed by atoms with Crippen LogP contribution in [0.25, 0.3) is 0 Å². The SMILES string of the molecule is CC/C=C\C/C=C\C/C=C\CCCCCCCC(=O)OC(COCCCCCCCCCCCC/C=C\CCCCCCCC)COP(=O)(O)OCC(N)C(=O)O. The molecule has 0 amide bonds. The standard InChI is InChI=1S/C46H84NO9P/c1-3-5-7-9-11-13-15-17-19-20-21-22-23-25-27-29-31-33-35-37-39-53-40-43(41-54-57(51,52)55-42-44(47)46(49)50)56-45(48)38-36-34-32-30-28-26-24-18-16-14-12-10-8-6-4-2/h6,8,12,14,17-19,24,43-44H,3-5,7,9-11,13,15-16,20-23,25-42,47H2,1-2H3,(H,49,50)(H,51,52)/b8-6-,14-12-,19-17-,24-18-. The van der Waals surface area contributed by atoms with Crippen LogP contribution in [-0.4, -0.2) is 60.5 Å². The van der Waals surface area contributed by atoms with Gasteiger partial charge in [0.25, 0.3) is 0 Å². The minimum atomic E-state index is -4.62. The Morgan fingerprint density at radius 1 is 0.579 bits per heavy atom. The number of carboxylic acid groups (broad SMARTS) is 1. The fourth-order valence-corrected chi connectivity index (χ4v) is 6.86. The number of aliphatic carboxylic acids is 1. The second kappa shape index (κ2) is 42.1. The van der Waals surface area contributed by atoms with Crippen LogP contribution in [-0.2, 0) is 32.7 Å². The molecule has 332 valence electrons. The second-order valence-electron chi connectivity index (χ2n) is 15.1. The molecule has 11 heteroatoms. The van der Waals surface area contributed by atoms with E-state index in [-0.39, 0.29) is 13.0 Å². The highest BCUT2D eigenvalue weighted by atomic mass is 31.2. The number of unbranched alkanes of at least 4 members (excludes halogenated alkanes) is 21. The molecular formula is C46H84NO9P. The lowest BCUT2D eigenvalue weighted by molar-refractivity contribution is -0.154. The van der Waals surface area contributed by atoms with Gasteiger partial charge in [0.05, 0.1) is 19.8 Å². The molecule has 0 fully saturated rings. The average molecular weight is 826 g/mol. The fourth-order valence-electron chi connectivity index (χ4n) is 6.08. The molecule has 0 spiro atoms.